The second kappa shape index (κ2) is 8.30. The molecule has 0 aromatic heterocycles. The average molecular weight is 386 g/mol. The largest absolute Gasteiger partial charge is 0.487 e. The molecule has 3 rings (SSSR count). The topological polar surface area (TPSA) is 117 Å². The summed E-state index contributed by atoms with van der Waals surface area (Å²) >= 11 is 0. The van der Waals surface area contributed by atoms with Gasteiger partial charge in [0.25, 0.3) is 0 Å². The quantitative estimate of drug-likeness (QED) is 0.561. The van der Waals surface area contributed by atoms with Gasteiger partial charge in [0.1, 0.15) is 6.23 Å². The molecule has 144 valence electrons. The average Bonchev–Trinajstić information content (AvgIpc) is 3.13. The Morgan fingerprint density at radius 2 is 2.00 bits per heavy atom. The third-order valence-electron chi connectivity index (χ3n) is 4.47. The van der Waals surface area contributed by atoms with Crippen molar-refractivity contribution in [3.8, 4) is 5.75 Å². The first-order valence-corrected chi connectivity index (χ1v) is 10.1. The van der Waals surface area contributed by atoms with E-state index in [1.54, 1.807) is 0 Å². The smallest absolute Gasteiger partial charge is 0.312 e. The minimum atomic E-state index is -3.90. The van der Waals surface area contributed by atoms with Gasteiger partial charge < -0.3 is 14.2 Å². The first-order valence-electron chi connectivity index (χ1n) is 8.58. The second-order valence-corrected chi connectivity index (χ2v) is 8.09. The first kappa shape index (κ1) is 19.0. The molecule has 2 heterocycles. The first-order chi connectivity index (χ1) is 12.5. The van der Waals surface area contributed by atoms with Crippen LogP contribution >= 0.6 is 0 Å². The van der Waals surface area contributed by atoms with E-state index in [0.717, 1.165) is 25.3 Å². The third kappa shape index (κ3) is 4.70. The summed E-state index contributed by atoms with van der Waals surface area (Å²) in [6, 6.07) is 3.67. The molecule has 26 heavy (non-hydrogen) atoms. The Bertz CT molecular complexity index is 741. The second-order valence-electron chi connectivity index (χ2n) is 6.38. The van der Waals surface area contributed by atoms with Crippen molar-refractivity contribution in [2.45, 2.75) is 36.8 Å². The van der Waals surface area contributed by atoms with E-state index in [1.807, 2.05) is 0 Å². The zero-order valence-corrected chi connectivity index (χ0v) is 15.1. The van der Waals surface area contributed by atoms with Crippen LogP contribution in [0.5, 0.6) is 5.75 Å². The molecule has 1 unspecified atom stereocenters. The van der Waals surface area contributed by atoms with Gasteiger partial charge in [0, 0.05) is 25.9 Å². The highest BCUT2D eigenvalue weighted by Gasteiger charge is 2.27. The fourth-order valence-corrected chi connectivity index (χ4v) is 4.14. The summed E-state index contributed by atoms with van der Waals surface area (Å²) in [4.78, 5) is 10.5. The van der Waals surface area contributed by atoms with E-state index in [-0.39, 0.29) is 22.3 Å². The van der Waals surface area contributed by atoms with Gasteiger partial charge in [0.05, 0.1) is 16.4 Å². The predicted molar refractivity (Wildman–Crippen MR) is 91.4 cm³/mol. The van der Waals surface area contributed by atoms with Gasteiger partial charge in [-0.2, -0.15) is 4.72 Å². The van der Waals surface area contributed by atoms with Crippen LogP contribution in [-0.2, 0) is 19.5 Å². The molecule has 2 aliphatic rings. The minimum Gasteiger partial charge on any atom is -0.487 e. The van der Waals surface area contributed by atoms with Gasteiger partial charge in [0.2, 0.25) is 10.0 Å². The van der Waals surface area contributed by atoms with E-state index in [4.69, 9.17) is 14.2 Å². The molecule has 0 aliphatic carbocycles. The van der Waals surface area contributed by atoms with Crippen LogP contribution in [-0.4, -0.2) is 46.0 Å². The molecular weight excluding hydrogens is 364 g/mol. The molecular formula is C16H22N2O7S. The molecule has 0 saturated carbocycles. The Morgan fingerprint density at radius 3 is 2.65 bits per heavy atom. The fourth-order valence-electron chi connectivity index (χ4n) is 2.96. The van der Waals surface area contributed by atoms with Gasteiger partial charge in [-0.25, -0.2) is 8.42 Å². The van der Waals surface area contributed by atoms with Crippen LogP contribution in [0.1, 0.15) is 25.7 Å². The highest BCUT2D eigenvalue weighted by atomic mass is 32.2. The van der Waals surface area contributed by atoms with Crippen LogP contribution in [0.3, 0.4) is 0 Å². The van der Waals surface area contributed by atoms with Crippen molar-refractivity contribution >= 4 is 15.7 Å². The normalized spacial score (nSPS) is 21.6. The molecule has 2 aliphatic heterocycles. The van der Waals surface area contributed by atoms with Gasteiger partial charge in [-0.15, -0.1) is 0 Å². The van der Waals surface area contributed by atoms with Crippen molar-refractivity contribution in [2.24, 2.45) is 5.92 Å². The molecule has 2 fully saturated rings. The Balaban J connectivity index is 1.74. The van der Waals surface area contributed by atoms with E-state index in [2.05, 4.69) is 4.72 Å². The molecule has 9 nitrogen and oxygen atoms in total. The molecule has 1 aromatic carbocycles. The lowest BCUT2D eigenvalue weighted by molar-refractivity contribution is -0.386. The van der Waals surface area contributed by atoms with Gasteiger partial charge in [-0.1, -0.05) is 0 Å². The lowest BCUT2D eigenvalue weighted by Crippen LogP contribution is -2.34. The number of nitro benzene ring substituents is 1. The maximum absolute atomic E-state index is 12.4. The van der Waals surface area contributed by atoms with Gasteiger partial charge in [-0.3, -0.25) is 10.1 Å². The molecule has 0 bridgehead atoms. The van der Waals surface area contributed by atoms with Gasteiger partial charge >= 0.3 is 5.69 Å². The van der Waals surface area contributed by atoms with Crippen LogP contribution < -0.4 is 9.46 Å². The predicted octanol–water partition coefficient (Wildman–Crippen LogP) is 1.81. The van der Waals surface area contributed by atoms with Crippen molar-refractivity contribution in [2.75, 3.05) is 26.4 Å². The summed E-state index contributed by atoms with van der Waals surface area (Å²) in [7, 11) is -3.90. The molecule has 0 radical (unpaired) electrons. The lowest BCUT2D eigenvalue weighted by Gasteiger charge is -2.22. The van der Waals surface area contributed by atoms with E-state index in [9.17, 15) is 18.5 Å². The zero-order chi connectivity index (χ0) is 18.6. The Kier molecular flexibility index (Phi) is 6.07. The van der Waals surface area contributed by atoms with Crippen molar-refractivity contribution in [3.05, 3.63) is 28.3 Å². The van der Waals surface area contributed by atoms with Gasteiger partial charge in [-0.05, 0) is 43.7 Å². The minimum absolute atomic E-state index is 0.0672. The Morgan fingerprint density at radius 1 is 1.23 bits per heavy atom. The molecule has 0 spiro atoms. The maximum Gasteiger partial charge on any atom is 0.312 e. The van der Waals surface area contributed by atoms with Crippen molar-refractivity contribution < 1.29 is 27.6 Å². The molecule has 1 atom stereocenters. The Labute approximate surface area is 151 Å². The fraction of sp³-hybridized carbons (Fsp3) is 0.625. The van der Waals surface area contributed by atoms with E-state index in [0.29, 0.717) is 32.8 Å². The number of rotatable bonds is 7. The van der Waals surface area contributed by atoms with Crippen molar-refractivity contribution in [1.82, 2.24) is 4.72 Å². The lowest BCUT2D eigenvalue weighted by atomic mass is 10.0. The summed E-state index contributed by atoms with van der Waals surface area (Å²) in [6.07, 6.45) is 2.43. The monoisotopic (exact) mass is 386 g/mol. The molecule has 10 heteroatoms. The zero-order valence-electron chi connectivity index (χ0n) is 14.3. The maximum atomic E-state index is 12.4. The standard InChI is InChI=1S/C16H22N2O7S/c19-18(20)14-10-13(26(21,22)17-16-2-1-7-24-16)3-4-15(14)25-11-12-5-8-23-9-6-12/h3-4,10,12,16-17H,1-2,5-9,11H2. The molecule has 1 N–H and O–H groups in total. The molecule has 2 saturated heterocycles. The van der Waals surface area contributed by atoms with Crippen LogP contribution in [0.25, 0.3) is 0 Å². The summed E-state index contributed by atoms with van der Waals surface area (Å²) in [5, 5.41) is 11.4. The number of sulfonamides is 1. The molecule has 0 amide bonds. The summed E-state index contributed by atoms with van der Waals surface area (Å²) in [5.74, 6) is 0.338. The van der Waals surface area contributed by atoms with Crippen molar-refractivity contribution in [3.63, 3.8) is 0 Å². The summed E-state index contributed by atoms with van der Waals surface area (Å²) in [6.45, 7) is 2.14. The number of hydrogen-bond acceptors (Lipinski definition) is 7. The number of nitro groups is 1. The number of nitrogens with zero attached hydrogens (tertiary/aromatic N) is 1. The van der Waals surface area contributed by atoms with E-state index >= 15 is 0 Å². The number of nitrogens with one attached hydrogen (secondary N) is 1. The van der Waals surface area contributed by atoms with Crippen molar-refractivity contribution in [1.29, 1.82) is 0 Å². The van der Waals surface area contributed by atoms with Crippen LogP contribution in [0.15, 0.2) is 23.1 Å². The van der Waals surface area contributed by atoms with E-state index < -0.39 is 21.2 Å². The summed E-state index contributed by atoms with van der Waals surface area (Å²) in [5.41, 5.74) is -0.368. The summed E-state index contributed by atoms with van der Waals surface area (Å²) < 4.78 is 43.4. The van der Waals surface area contributed by atoms with Crippen LogP contribution in [0.2, 0.25) is 0 Å². The highest BCUT2D eigenvalue weighted by molar-refractivity contribution is 7.89. The van der Waals surface area contributed by atoms with Crippen LogP contribution in [0.4, 0.5) is 5.69 Å². The van der Waals surface area contributed by atoms with Crippen LogP contribution in [0, 0.1) is 16.0 Å². The Hall–Kier alpha value is -1.75. The molecule has 1 aromatic rings. The SMILES string of the molecule is O=[N+]([O-])c1cc(S(=O)(=O)NC2CCCO2)ccc1OCC1CCOCC1. The number of benzene rings is 1. The highest BCUT2D eigenvalue weighted by Crippen LogP contribution is 2.31. The number of ether oxygens (including phenoxy) is 3. The van der Waals surface area contributed by atoms with Gasteiger partial charge in [0.15, 0.2) is 5.75 Å². The third-order valence-corrected chi connectivity index (χ3v) is 5.92. The van der Waals surface area contributed by atoms with E-state index in [1.165, 1.54) is 12.1 Å². The number of hydrogen-bond donors (Lipinski definition) is 1.